The number of amides is 2. The number of likely N-dealkylation sites (tertiary alicyclic amines) is 1. The van der Waals surface area contributed by atoms with Gasteiger partial charge in [-0.05, 0) is 13.8 Å². The Hall–Kier alpha value is -1.39. The number of carbonyl (C=O) groups excluding carboxylic acids is 2. The van der Waals surface area contributed by atoms with Crippen molar-refractivity contribution in [3.63, 3.8) is 0 Å². The van der Waals surface area contributed by atoms with E-state index in [4.69, 9.17) is 5.11 Å². The molecule has 0 spiro atoms. The minimum atomic E-state index is -1.43. The summed E-state index contributed by atoms with van der Waals surface area (Å²) in [6.07, 6.45) is 0.241. The van der Waals surface area contributed by atoms with Crippen molar-refractivity contribution in [2.75, 3.05) is 0 Å². The molecule has 0 aromatic heterocycles. The van der Waals surface area contributed by atoms with Crippen LogP contribution in [0, 0.1) is 0 Å². The minimum Gasteiger partial charge on any atom is -0.480 e. The van der Waals surface area contributed by atoms with Gasteiger partial charge in [-0.1, -0.05) is 0 Å². The van der Waals surface area contributed by atoms with E-state index in [2.05, 4.69) is 0 Å². The molecule has 1 aliphatic heterocycles. The summed E-state index contributed by atoms with van der Waals surface area (Å²) in [5, 5.41) is 8.79. The second-order valence-corrected chi connectivity index (χ2v) is 3.49. The van der Waals surface area contributed by atoms with Gasteiger partial charge in [0.05, 0.1) is 0 Å². The molecule has 72 valence electrons. The molecule has 0 aliphatic carbocycles. The maximum absolute atomic E-state index is 11.2. The Balaban J connectivity index is 2.99. The Bertz CT molecular complexity index is 266. The van der Waals surface area contributed by atoms with Crippen LogP contribution in [0.15, 0.2) is 0 Å². The Kier molecular flexibility index (Phi) is 2.11. The zero-order chi connectivity index (χ0) is 10.2. The molecule has 0 atom stereocenters. The fourth-order valence-electron chi connectivity index (χ4n) is 1.30. The third-order valence-corrected chi connectivity index (χ3v) is 2.13. The standard InChI is InChI=1S/C8H11NO4/c1-8(2,7(12)13)9-5(10)3-4-6(9)11/h3-4H2,1-2H3,(H,12,13). The first-order valence-corrected chi connectivity index (χ1v) is 3.96. The molecular formula is C8H11NO4. The van der Waals surface area contributed by atoms with Crippen LogP contribution in [0.1, 0.15) is 26.7 Å². The molecule has 0 aromatic carbocycles. The normalized spacial score (nSPS) is 18.2. The third-order valence-electron chi connectivity index (χ3n) is 2.13. The van der Waals surface area contributed by atoms with E-state index in [9.17, 15) is 14.4 Å². The van der Waals surface area contributed by atoms with Crippen molar-refractivity contribution < 1.29 is 19.5 Å². The average molecular weight is 185 g/mol. The molecule has 5 nitrogen and oxygen atoms in total. The minimum absolute atomic E-state index is 0.121. The highest BCUT2D eigenvalue weighted by Gasteiger charge is 2.44. The number of carboxylic acid groups (broad SMARTS) is 1. The van der Waals surface area contributed by atoms with Gasteiger partial charge in [-0.3, -0.25) is 14.5 Å². The Morgan fingerprint density at radius 2 is 1.69 bits per heavy atom. The SMILES string of the molecule is CC(C)(C(=O)O)N1C(=O)CCC1=O. The Labute approximate surface area is 75.3 Å². The second-order valence-electron chi connectivity index (χ2n) is 3.49. The van der Waals surface area contributed by atoms with E-state index in [1.807, 2.05) is 0 Å². The number of hydrogen-bond acceptors (Lipinski definition) is 3. The zero-order valence-corrected chi connectivity index (χ0v) is 7.53. The topological polar surface area (TPSA) is 74.7 Å². The van der Waals surface area contributed by atoms with Crippen LogP contribution in [-0.2, 0) is 14.4 Å². The fourth-order valence-corrected chi connectivity index (χ4v) is 1.30. The summed E-state index contributed by atoms with van der Waals surface area (Å²) in [5.74, 6) is -1.98. The quantitative estimate of drug-likeness (QED) is 0.614. The summed E-state index contributed by atoms with van der Waals surface area (Å²) in [7, 11) is 0. The number of hydrogen-bond donors (Lipinski definition) is 1. The molecule has 5 heteroatoms. The number of carboxylic acids is 1. The summed E-state index contributed by atoms with van der Waals surface area (Å²) < 4.78 is 0. The predicted molar refractivity (Wildman–Crippen MR) is 42.8 cm³/mol. The van der Waals surface area contributed by atoms with Gasteiger partial charge in [0, 0.05) is 12.8 Å². The largest absolute Gasteiger partial charge is 0.480 e. The van der Waals surface area contributed by atoms with Gasteiger partial charge in [0.2, 0.25) is 11.8 Å². The van der Waals surface area contributed by atoms with E-state index in [0.29, 0.717) is 0 Å². The molecule has 0 aromatic rings. The van der Waals surface area contributed by atoms with Crippen molar-refractivity contribution in [2.45, 2.75) is 32.2 Å². The molecular weight excluding hydrogens is 174 g/mol. The Morgan fingerprint density at radius 1 is 1.31 bits per heavy atom. The summed E-state index contributed by atoms with van der Waals surface area (Å²) in [6, 6.07) is 0. The third kappa shape index (κ3) is 1.41. The van der Waals surface area contributed by atoms with Gasteiger partial charge < -0.3 is 5.11 Å². The molecule has 13 heavy (non-hydrogen) atoms. The van der Waals surface area contributed by atoms with Crippen LogP contribution < -0.4 is 0 Å². The molecule has 1 aliphatic rings. The first-order valence-electron chi connectivity index (χ1n) is 3.96. The summed E-state index contributed by atoms with van der Waals surface area (Å²) in [5.41, 5.74) is -1.43. The van der Waals surface area contributed by atoms with Gasteiger partial charge >= 0.3 is 5.97 Å². The molecule has 0 unspecified atom stereocenters. The molecule has 0 radical (unpaired) electrons. The van der Waals surface area contributed by atoms with Crippen LogP contribution in [0.25, 0.3) is 0 Å². The van der Waals surface area contributed by atoms with Gasteiger partial charge in [-0.15, -0.1) is 0 Å². The van der Waals surface area contributed by atoms with Crippen molar-refractivity contribution >= 4 is 17.8 Å². The van der Waals surface area contributed by atoms with E-state index in [-0.39, 0.29) is 12.8 Å². The zero-order valence-electron chi connectivity index (χ0n) is 7.53. The van der Waals surface area contributed by atoms with Gasteiger partial charge in [-0.2, -0.15) is 0 Å². The number of nitrogens with zero attached hydrogens (tertiary/aromatic N) is 1. The van der Waals surface area contributed by atoms with Crippen LogP contribution in [0.4, 0.5) is 0 Å². The lowest BCUT2D eigenvalue weighted by Crippen LogP contribution is -2.52. The maximum Gasteiger partial charge on any atom is 0.329 e. The van der Waals surface area contributed by atoms with E-state index in [0.717, 1.165) is 4.90 Å². The van der Waals surface area contributed by atoms with E-state index < -0.39 is 23.3 Å². The first-order chi connectivity index (χ1) is 5.87. The highest BCUT2D eigenvalue weighted by atomic mass is 16.4. The molecule has 2 amide bonds. The van der Waals surface area contributed by atoms with Crippen LogP contribution >= 0.6 is 0 Å². The first kappa shape index (κ1) is 9.70. The lowest BCUT2D eigenvalue weighted by atomic mass is 10.0. The lowest BCUT2D eigenvalue weighted by Gasteiger charge is -2.29. The van der Waals surface area contributed by atoms with Crippen molar-refractivity contribution in [1.29, 1.82) is 0 Å². The number of rotatable bonds is 2. The monoisotopic (exact) mass is 185 g/mol. The second kappa shape index (κ2) is 2.83. The Morgan fingerprint density at radius 3 is 2.00 bits per heavy atom. The van der Waals surface area contributed by atoms with Gasteiger partial charge in [0.25, 0.3) is 0 Å². The number of imide groups is 1. The van der Waals surface area contributed by atoms with Crippen molar-refractivity contribution in [1.82, 2.24) is 4.90 Å². The molecule has 1 rings (SSSR count). The van der Waals surface area contributed by atoms with Crippen molar-refractivity contribution in [3.8, 4) is 0 Å². The average Bonchev–Trinajstić information content (AvgIpc) is 2.30. The predicted octanol–water partition coefficient (Wildman–Crippen LogP) is -0.00140. The molecule has 1 saturated heterocycles. The lowest BCUT2D eigenvalue weighted by molar-refractivity contribution is -0.160. The van der Waals surface area contributed by atoms with Crippen LogP contribution in [0.2, 0.25) is 0 Å². The molecule has 1 N–H and O–H groups in total. The number of carbonyl (C=O) groups is 3. The molecule has 0 saturated carbocycles. The van der Waals surface area contributed by atoms with Gasteiger partial charge in [-0.25, -0.2) is 4.79 Å². The van der Waals surface area contributed by atoms with Gasteiger partial charge in [0.1, 0.15) is 5.54 Å². The summed E-state index contributed by atoms with van der Waals surface area (Å²) in [6.45, 7) is 2.69. The molecule has 1 heterocycles. The van der Waals surface area contributed by atoms with Crippen LogP contribution in [-0.4, -0.2) is 33.3 Å². The van der Waals surface area contributed by atoms with Gasteiger partial charge in [0.15, 0.2) is 0 Å². The van der Waals surface area contributed by atoms with Crippen LogP contribution in [0.5, 0.6) is 0 Å². The highest BCUT2D eigenvalue weighted by molar-refractivity contribution is 6.05. The highest BCUT2D eigenvalue weighted by Crippen LogP contribution is 2.23. The molecule has 1 fully saturated rings. The van der Waals surface area contributed by atoms with Crippen molar-refractivity contribution in [3.05, 3.63) is 0 Å². The number of aliphatic carboxylic acids is 1. The fraction of sp³-hybridized carbons (Fsp3) is 0.625. The molecule has 0 bridgehead atoms. The summed E-state index contributed by atoms with van der Waals surface area (Å²) >= 11 is 0. The van der Waals surface area contributed by atoms with Crippen molar-refractivity contribution in [2.24, 2.45) is 0 Å². The van der Waals surface area contributed by atoms with E-state index in [1.54, 1.807) is 0 Å². The van der Waals surface area contributed by atoms with E-state index in [1.165, 1.54) is 13.8 Å². The maximum atomic E-state index is 11.2. The van der Waals surface area contributed by atoms with Crippen LogP contribution in [0.3, 0.4) is 0 Å². The van der Waals surface area contributed by atoms with E-state index >= 15 is 0 Å². The summed E-state index contributed by atoms with van der Waals surface area (Å²) in [4.78, 5) is 33.9. The smallest absolute Gasteiger partial charge is 0.329 e.